The number of hydrogen-bond donors (Lipinski definition) is 2. The van der Waals surface area contributed by atoms with Crippen LogP contribution < -0.4 is 15.8 Å². The normalized spacial score (nSPS) is 10.1. The Morgan fingerprint density at radius 3 is 2.60 bits per heavy atom. The van der Waals surface area contributed by atoms with Crippen molar-refractivity contribution in [3.8, 4) is 5.75 Å². The minimum absolute atomic E-state index is 0. The van der Waals surface area contributed by atoms with Gasteiger partial charge in [-0.25, -0.2) is 0 Å². The van der Waals surface area contributed by atoms with Gasteiger partial charge < -0.3 is 15.8 Å². The predicted molar refractivity (Wildman–Crippen MR) is 75.9 cm³/mol. The van der Waals surface area contributed by atoms with E-state index in [0.717, 1.165) is 0 Å². The van der Waals surface area contributed by atoms with Crippen LogP contribution in [0, 0.1) is 0 Å². The van der Waals surface area contributed by atoms with Crippen molar-refractivity contribution >= 4 is 41.5 Å². The van der Waals surface area contributed by atoms with Crippen LogP contribution in [0.4, 0.5) is 8.78 Å². The van der Waals surface area contributed by atoms with E-state index in [4.69, 9.17) is 28.9 Å². The third-order valence-electron chi connectivity index (χ3n) is 2.14. The first-order chi connectivity index (χ1) is 8.93. The summed E-state index contributed by atoms with van der Waals surface area (Å²) in [4.78, 5) is 11.3. The fourth-order valence-corrected chi connectivity index (χ4v) is 1.96. The lowest BCUT2D eigenvalue weighted by atomic mass is 10.2. The average molecular weight is 350 g/mol. The smallest absolute Gasteiger partial charge is 0.387 e. The maximum absolute atomic E-state index is 12.3. The molecule has 1 aromatic carbocycles. The van der Waals surface area contributed by atoms with E-state index in [9.17, 15) is 13.6 Å². The highest BCUT2D eigenvalue weighted by atomic mass is 35.5. The SMILES string of the molecule is Cl.NCCC(=O)NCc1cc(Cl)cc(Cl)c1OC(F)F. The van der Waals surface area contributed by atoms with Crippen LogP contribution >= 0.6 is 35.6 Å². The maximum atomic E-state index is 12.3. The number of nitrogens with two attached hydrogens (primary N) is 1. The van der Waals surface area contributed by atoms with E-state index in [0.29, 0.717) is 0 Å². The van der Waals surface area contributed by atoms with Gasteiger partial charge in [-0.1, -0.05) is 23.2 Å². The molecule has 0 fully saturated rings. The molecule has 20 heavy (non-hydrogen) atoms. The number of ether oxygens (including phenoxy) is 1. The van der Waals surface area contributed by atoms with Crippen LogP contribution in [0.1, 0.15) is 12.0 Å². The van der Waals surface area contributed by atoms with E-state index in [1.54, 1.807) is 0 Å². The predicted octanol–water partition coefficient (Wildman–Crippen LogP) is 2.98. The van der Waals surface area contributed by atoms with Crippen LogP contribution in [0.5, 0.6) is 5.75 Å². The van der Waals surface area contributed by atoms with Crippen molar-refractivity contribution in [1.29, 1.82) is 0 Å². The Bertz CT molecular complexity index is 462. The number of carbonyl (C=O) groups excluding carboxylic acids is 1. The largest absolute Gasteiger partial charge is 0.433 e. The first-order valence-electron chi connectivity index (χ1n) is 5.33. The van der Waals surface area contributed by atoms with Gasteiger partial charge in [-0.3, -0.25) is 4.79 Å². The van der Waals surface area contributed by atoms with Gasteiger partial charge in [0.2, 0.25) is 5.91 Å². The molecule has 0 saturated heterocycles. The van der Waals surface area contributed by atoms with Crippen LogP contribution in [0.15, 0.2) is 12.1 Å². The van der Waals surface area contributed by atoms with E-state index >= 15 is 0 Å². The lowest BCUT2D eigenvalue weighted by Gasteiger charge is -2.13. The Kier molecular flexibility index (Phi) is 8.80. The standard InChI is InChI=1S/C11H12Cl2F2N2O2.ClH/c12-7-3-6(5-17-9(18)1-2-16)10(8(13)4-7)19-11(14)15;/h3-4,11H,1-2,5,16H2,(H,17,18);1H. The number of benzene rings is 1. The van der Waals surface area contributed by atoms with Crippen LogP contribution in [0.2, 0.25) is 10.0 Å². The van der Waals surface area contributed by atoms with E-state index in [-0.39, 0.29) is 59.2 Å². The van der Waals surface area contributed by atoms with E-state index in [1.165, 1.54) is 12.1 Å². The van der Waals surface area contributed by atoms with Gasteiger partial charge in [0, 0.05) is 30.1 Å². The number of rotatable bonds is 6. The van der Waals surface area contributed by atoms with Gasteiger partial charge in [0.1, 0.15) is 5.75 Å². The van der Waals surface area contributed by atoms with Crippen LogP contribution in [-0.2, 0) is 11.3 Å². The van der Waals surface area contributed by atoms with Gasteiger partial charge in [-0.15, -0.1) is 12.4 Å². The van der Waals surface area contributed by atoms with E-state index < -0.39 is 6.61 Å². The zero-order chi connectivity index (χ0) is 14.4. The number of hydrogen-bond acceptors (Lipinski definition) is 3. The van der Waals surface area contributed by atoms with Crippen LogP contribution in [0.3, 0.4) is 0 Å². The zero-order valence-electron chi connectivity index (χ0n) is 10.2. The highest BCUT2D eigenvalue weighted by molar-refractivity contribution is 6.35. The summed E-state index contributed by atoms with van der Waals surface area (Å²) < 4.78 is 28.9. The summed E-state index contributed by atoms with van der Waals surface area (Å²) in [7, 11) is 0. The number of halogens is 5. The molecule has 0 aliphatic heterocycles. The molecule has 1 rings (SSSR count). The number of carbonyl (C=O) groups is 1. The molecule has 0 unspecified atom stereocenters. The summed E-state index contributed by atoms with van der Waals surface area (Å²) in [6.07, 6.45) is 0.138. The molecule has 4 nitrogen and oxygen atoms in total. The molecule has 0 saturated carbocycles. The molecule has 0 spiro atoms. The molecule has 1 aromatic rings. The van der Waals surface area contributed by atoms with Crippen molar-refractivity contribution in [2.45, 2.75) is 19.6 Å². The minimum atomic E-state index is -3.02. The summed E-state index contributed by atoms with van der Waals surface area (Å²) in [5.74, 6) is -0.504. The Balaban J connectivity index is 0.00000361. The molecule has 114 valence electrons. The second-order valence-corrected chi connectivity index (χ2v) is 4.41. The molecule has 9 heteroatoms. The lowest BCUT2D eigenvalue weighted by molar-refractivity contribution is -0.121. The van der Waals surface area contributed by atoms with Crippen LogP contribution in [-0.4, -0.2) is 19.1 Å². The highest BCUT2D eigenvalue weighted by Crippen LogP contribution is 2.33. The monoisotopic (exact) mass is 348 g/mol. The summed E-state index contributed by atoms with van der Waals surface area (Å²) in [6.45, 7) is -2.85. The van der Waals surface area contributed by atoms with Crippen molar-refractivity contribution in [2.24, 2.45) is 5.73 Å². The number of nitrogens with one attached hydrogen (secondary N) is 1. The zero-order valence-corrected chi connectivity index (χ0v) is 12.5. The van der Waals surface area contributed by atoms with Gasteiger partial charge in [0.25, 0.3) is 0 Å². The summed E-state index contributed by atoms with van der Waals surface area (Å²) in [5.41, 5.74) is 5.48. The first-order valence-corrected chi connectivity index (χ1v) is 6.09. The van der Waals surface area contributed by atoms with Crippen molar-refractivity contribution in [2.75, 3.05) is 6.54 Å². The van der Waals surface area contributed by atoms with E-state index in [1.807, 2.05) is 0 Å². The molecular formula is C11H13Cl3F2N2O2. The molecular weight excluding hydrogens is 336 g/mol. The Morgan fingerprint density at radius 2 is 2.05 bits per heavy atom. The Morgan fingerprint density at radius 1 is 1.40 bits per heavy atom. The fourth-order valence-electron chi connectivity index (χ4n) is 1.38. The van der Waals surface area contributed by atoms with E-state index in [2.05, 4.69) is 10.1 Å². The third-order valence-corrected chi connectivity index (χ3v) is 2.64. The molecule has 0 aliphatic carbocycles. The average Bonchev–Trinajstić information content (AvgIpc) is 2.30. The lowest BCUT2D eigenvalue weighted by Crippen LogP contribution is -2.25. The molecule has 0 bridgehead atoms. The second kappa shape index (κ2) is 9.18. The Labute approximate surface area is 131 Å². The number of amides is 1. The first kappa shape index (κ1) is 19.2. The molecule has 1 amide bonds. The van der Waals surface area contributed by atoms with Crippen molar-refractivity contribution in [1.82, 2.24) is 5.32 Å². The maximum Gasteiger partial charge on any atom is 0.387 e. The fraction of sp³-hybridized carbons (Fsp3) is 0.364. The summed E-state index contributed by atoms with van der Waals surface area (Å²) in [6, 6.07) is 2.68. The summed E-state index contributed by atoms with van der Waals surface area (Å²) in [5, 5.41) is 2.72. The highest BCUT2D eigenvalue weighted by Gasteiger charge is 2.15. The minimum Gasteiger partial charge on any atom is -0.433 e. The van der Waals surface area contributed by atoms with Crippen molar-refractivity contribution < 1.29 is 18.3 Å². The molecule has 0 atom stereocenters. The van der Waals surface area contributed by atoms with Crippen molar-refractivity contribution in [3.63, 3.8) is 0 Å². The molecule has 0 aliphatic rings. The van der Waals surface area contributed by atoms with Gasteiger partial charge in [0.15, 0.2) is 0 Å². The quantitative estimate of drug-likeness (QED) is 0.830. The number of alkyl halides is 2. The topological polar surface area (TPSA) is 64.4 Å². The van der Waals surface area contributed by atoms with Gasteiger partial charge in [-0.2, -0.15) is 8.78 Å². The van der Waals surface area contributed by atoms with Gasteiger partial charge in [-0.05, 0) is 12.1 Å². The summed E-state index contributed by atoms with van der Waals surface area (Å²) >= 11 is 11.6. The molecule has 0 heterocycles. The van der Waals surface area contributed by atoms with Crippen molar-refractivity contribution in [3.05, 3.63) is 27.7 Å². The molecule has 3 N–H and O–H groups in total. The van der Waals surface area contributed by atoms with Gasteiger partial charge in [0.05, 0.1) is 5.02 Å². The molecule has 0 aromatic heterocycles. The molecule has 0 radical (unpaired) electrons. The second-order valence-electron chi connectivity index (χ2n) is 3.57. The third kappa shape index (κ3) is 6.09. The van der Waals surface area contributed by atoms with Crippen LogP contribution in [0.25, 0.3) is 0 Å². The van der Waals surface area contributed by atoms with Gasteiger partial charge >= 0.3 is 6.61 Å². The Hall–Kier alpha value is -0.820.